The second-order valence-electron chi connectivity index (χ2n) is 25.8. The van der Waals surface area contributed by atoms with E-state index in [-0.39, 0.29) is 42.1 Å². The van der Waals surface area contributed by atoms with Crippen LogP contribution in [0.2, 0.25) is 0 Å². The van der Waals surface area contributed by atoms with E-state index in [9.17, 15) is 9.59 Å². The van der Waals surface area contributed by atoms with Crippen LogP contribution in [0, 0.1) is 16.7 Å². The highest BCUT2D eigenvalue weighted by molar-refractivity contribution is 7.10. The number of likely N-dealkylation sites (tertiary alicyclic amines) is 2. The Kier molecular flexibility index (Phi) is 14.8. The quantitative estimate of drug-likeness (QED) is 0.131. The molecule has 11 heterocycles. The van der Waals surface area contributed by atoms with Crippen molar-refractivity contribution < 1.29 is 42.8 Å². The number of nitrogens with one attached hydrogen (secondary N) is 2. The number of hydrogen-bond acceptors (Lipinski definition) is 15. The van der Waals surface area contributed by atoms with Crippen LogP contribution >= 0.6 is 11.3 Å². The molecule has 7 saturated heterocycles. The number of fused-ring (bicyclic) bond motifs is 7. The van der Waals surface area contributed by atoms with Crippen molar-refractivity contribution in [3.8, 4) is 22.5 Å². The summed E-state index contributed by atoms with van der Waals surface area (Å²) < 4.78 is 39.9. The van der Waals surface area contributed by atoms with Crippen LogP contribution in [0.3, 0.4) is 0 Å². The SMILES string of the molecule is CO[C@@H](C)c1ncc(C2CCN(C3CC3)CC2)cc1-c1c2c3cc(ccc3n1CCOC1CCOCC1)-c1csc(n1)[C@@H](N1CC3(CCCOC3)C1)[C@H](NC(=O)C13CC(C1)[C@H](C)O3)C(=O)N1CCC[C@H](N1)C(=O)OCC(C)(C)C2. The maximum absolute atomic E-state index is 15.5. The van der Waals surface area contributed by atoms with Gasteiger partial charge in [-0.05, 0) is 152 Å². The second-order valence-corrected chi connectivity index (χ2v) is 26.7. The standard InChI is InChI=1S/C61H82N8O9S/c1-37-42-28-61(29-42,78-37)58(72)64-52-54(67-33-60(34-67)17-7-22-75-36-60)55-63-49(32-79-55)40-9-12-50-45(26-40)47(30-59(3,4)35-77-57(71)48-8-6-18-69(65-48)56(52)70)53(68(50)21-25-76-44-15-23-74-24-16-44)46-27-41(31-62-51(46)38(2)73-5)39-13-19-66(20-14-39)43-10-11-43/h9,12,26-27,31-32,37-39,42-44,48,52,54,65H,6-8,10-11,13-25,28-30,33-36H2,1-5H3,(H,64,72)/t37-,38-,42?,48-,52-,54-,61?/m0/s1. The summed E-state index contributed by atoms with van der Waals surface area (Å²) >= 11 is 1.53. The number of ether oxygens (including phenoxy) is 6. The molecule has 79 heavy (non-hydrogen) atoms. The molecule has 1 aromatic carbocycles. The first-order chi connectivity index (χ1) is 38.3. The number of amides is 2. The minimum atomic E-state index is -1.03. The number of esters is 1. The van der Waals surface area contributed by atoms with Crippen LogP contribution in [-0.2, 0) is 55.8 Å². The summed E-state index contributed by atoms with van der Waals surface area (Å²) in [6.07, 6.45) is 13.4. The molecule has 9 fully saturated rings. The molecule has 3 aromatic heterocycles. The number of rotatable bonds is 12. The average Bonchev–Trinajstić information content (AvgIpc) is 4.01. The predicted molar refractivity (Wildman–Crippen MR) is 299 cm³/mol. The van der Waals surface area contributed by atoms with Crippen molar-refractivity contribution in [2.24, 2.45) is 16.7 Å². The first-order valence-electron chi connectivity index (χ1n) is 29.9. The molecule has 14 rings (SSSR count). The summed E-state index contributed by atoms with van der Waals surface area (Å²) in [6, 6.07) is 7.48. The number of piperidine rings is 1. The van der Waals surface area contributed by atoms with Gasteiger partial charge in [0.05, 0.1) is 61.3 Å². The molecule has 2 amide bonds. The third-order valence-electron chi connectivity index (χ3n) is 19.5. The van der Waals surface area contributed by atoms with E-state index >= 15 is 4.79 Å². The summed E-state index contributed by atoms with van der Waals surface area (Å²) in [5.74, 6) is -0.267. The molecule has 2 saturated carbocycles. The molecule has 17 nitrogen and oxygen atoms in total. The van der Waals surface area contributed by atoms with Crippen LogP contribution in [0.5, 0.6) is 0 Å². The third-order valence-corrected chi connectivity index (χ3v) is 20.4. The molecule has 2 aliphatic carbocycles. The van der Waals surface area contributed by atoms with Crippen LogP contribution in [0.1, 0.15) is 145 Å². The van der Waals surface area contributed by atoms with E-state index < -0.39 is 35.1 Å². The average molecular weight is 1100 g/mol. The number of cyclic esters (lactones) is 1. The molecule has 4 aromatic rings. The van der Waals surface area contributed by atoms with Crippen molar-refractivity contribution in [1.82, 2.24) is 40.1 Å². The number of thiazole rings is 1. The number of carbonyl (C=O) groups excluding carboxylic acids is 3. The summed E-state index contributed by atoms with van der Waals surface area (Å²) in [5.41, 5.74) is 10.0. The minimum absolute atomic E-state index is 0.0278. The van der Waals surface area contributed by atoms with Crippen molar-refractivity contribution in [3.05, 3.63) is 57.7 Å². The van der Waals surface area contributed by atoms with Crippen LogP contribution in [0.4, 0.5) is 0 Å². The highest BCUT2D eigenvalue weighted by atomic mass is 32.1. The van der Waals surface area contributed by atoms with E-state index in [2.05, 4.69) is 81.7 Å². The van der Waals surface area contributed by atoms with Crippen LogP contribution in [-0.4, -0.2) is 163 Å². The zero-order chi connectivity index (χ0) is 54.2. The largest absolute Gasteiger partial charge is 0.464 e. The Morgan fingerprint density at radius 1 is 0.962 bits per heavy atom. The lowest BCUT2D eigenvalue weighted by Crippen LogP contribution is -2.68. The number of benzene rings is 1. The summed E-state index contributed by atoms with van der Waals surface area (Å²) in [4.78, 5) is 60.6. The molecule has 10 aliphatic rings. The fraction of sp³-hybridized carbons (Fsp3) is 0.689. The Hall–Kier alpha value is -4.37. The van der Waals surface area contributed by atoms with E-state index in [1.54, 1.807) is 12.1 Å². The number of pyridine rings is 1. The third kappa shape index (κ3) is 10.5. The van der Waals surface area contributed by atoms with E-state index in [0.717, 1.165) is 114 Å². The topological polar surface area (TPSA) is 171 Å². The molecule has 0 unspecified atom stereocenters. The zero-order valence-corrected chi connectivity index (χ0v) is 47.9. The number of methoxy groups -OCH3 is 1. The van der Waals surface area contributed by atoms with Crippen molar-refractivity contribution in [1.29, 1.82) is 0 Å². The molecule has 426 valence electrons. The van der Waals surface area contributed by atoms with Crippen LogP contribution < -0.4 is 10.7 Å². The minimum Gasteiger partial charge on any atom is -0.464 e. The predicted octanol–water partition coefficient (Wildman–Crippen LogP) is 7.90. The molecular formula is C61H82N8O9S. The molecule has 5 atom stereocenters. The van der Waals surface area contributed by atoms with E-state index in [1.165, 1.54) is 29.7 Å². The number of hydrazine groups is 1. The molecule has 0 radical (unpaired) electrons. The smallest absolute Gasteiger partial charge is 0.324 e. The Morgan fingerprint density at radius 2 is 1.77 bits per heavy atom. The van der Waals surface area contributed by atoms with Gasteiger partial charge in [-0.15, -0.1) is 11.3 Å². The maximum atomic E-state index is 15.5. The lowest BCUT2D eigenvalue weighted by Gasteiger charge is -2.55. The monoisotopic (exact) mass is 1100 g/mol. The van der Waals surface area contributed by atoms with Gasteiger partial charge in [0.25, 0.3) is 11.8 Å². The van der Waals surface area contributed by atoms with E-state index in [1.807, 2.05) is 6.92 Å². The van der Waals surface area contributed by atoms with Crippen LogP contribution in [0.15, 0.2) is 35.8 Å². The van der Waals surface area contributed by atoms with Gasteiger partial charge in [0.1, 0.15) is 22.7 Å². The van der Waals surface area contributed by atoms with Gasteiger partial charge in [0.2, 0.25) is 0 Å². The lowest BCUT2D eigenvalue weighted by molar-refractivity contribution is -0.160. The van der Waals surface area contributed by atoms with Gasteiger partial charge in [-0.1, -0.05) is 19.9 Å². The lowest BCUT2D eigenvalue weighted by atomic mass is 9.72. The number of hydrogen-bond donors (Lipinski definition) is 2. The highest BCUT2D eigenvalue weighted by Gasteiger charge is 2.62. The first kappa shape index (κ1) is 53.9. The van der Waals surface area contributed by atoms with Crippen molar-refractivity contribution in [3.63, 3.8) is 0 Å². The fourth-order valence-corrected chi connectivity index (χ4v) is 15.7. The number of aromatic nitrogens is 3. The molecule has 18 heteroatoms. The Labute approximate surface area is 469 Å². The summed E-state index contributed by atoms with van der Waals surface area (Å²) in [5, 5.41) is 8.83. The van der Waals surface area contributed by atoms with Crippen molar-refractivity contribution >= 4 is 40.0 Å². The Balaban J connectivity index is 0.950. The molecule has 2 N–H and O–H groups in total. The maximum Gasteiger partial charge on any atom is 0.324 e. The fourth-order valence-electron chi connectivity index (χ4n) is 14.7. The zero-order valence-electron chi connectivity index (χ0n) is 47.1. The molecular weight excluding hydrogens is 1020 g/mol. The summed E-state index contributed by atoms with van der Waals surface area (Å²) in [6.45, 7) is 16.5. The molecule has 8 aliphatic heterocycles. The Morgan fingerprint density at radius 3 is 2.51 bits per heavy atom. The second kappa shape index (κ2) is 21.8. The number of carbonyl (C=O) groups is 3. The molecule has 8 bridgehead atoms. The highest BCUT2D eigenvalue weighted by Crippen LogP contribution is 2.53. The van der Waals surface area contributed by atoms with Gasteiger partial charge in [-0.3, -0.25) is 29.3 Å². The summed E-state index contributed by atoms with van der Waals surface area (Å²) in [7, 11) is 1.76. The van der Waals surface area contributed by atoms with E-state index in [4.69, 9.17) is 38.4 Å². The van der Waals surface area contributed by atoms with Gasteiger partial charge in [-0.25, -0.2) is 10.4 Å². The van der Waals surface area contributed by atoms with Crippen molar-refractivity contribution in [2.75, 3.05) is 79.5 Å². The van der Waals surface area contributed by atoms with Gasteiger partial charge >= 0.3 is 5.97 Å². The van der Waals surface area contributed by atoms with Crippen LogP contribution in [0.25, 0.3) is 33.4 Å². The normalized spacial score (nSPS) is 30.2. The van der Waals surface area contributed by atoms with Gasteiger partial charge < -0.3 is 43.2 Å². The van der Waals surface area contributed by atoms with Gasteiger partial charge in [0.15, 0.2) is 0 Å². The van der Waals surface area contributed by atoms with Gasteiger partial charge in [0, 0.05) is 104 Å². The van der Waals surface area contributed by atoms with Crippen molar-refractivity contribution in [2.45, 2.75) is 172 Å². The Bertz CT molecular complexity index is 2900. The first-order valence-corrected chi connectivity index (χ1v) is 30.8. The van der Waals surface area contributed by atoms with Gasteiger partial charge in [-0.2, -0.15) is 0 Å². The molecule has 1 spiro atoms. The van der Waals surface area contributed by atoms with E-state index in [0.29, 0.717) is 96.5 Å². The number of nitrogens with zero attached hydrogens (tertiary/aromatic N) is 6.